The highest BCUT2D eigenvalue weighted by molar-refractivity contribution is 7.89. The van der Waals surface area contributed by atoms with Gasteiger partial charge in [-0.2, -0.15) is 0 Å². The van der Waals surface area contributed by atoms with Gasteiger partial charge in [-0.15, -0.1) is 0 Å². The van der Waals surface area contributed by atoms with Gasteiger partial charge < -0.3 is 11.1 Å². The molecular weight excluding hydrogens is 226 g/mol. The van der Waals surface area contributed by atoms with Gasteiger partial charge in [-0.05, 0) is 24.9 Å². The normalized spacial score (nSPS) is 14.3. The third kappa shape index (κ3) is 7.16. The lowest BCUT2D eigenvalue weighted by Gasteiger charge is -2.19. The standard InChI is InChI=1S/C10H25N3O2S/c1-4-13-16(14,15)6-5-12-8-10(7-11)9(2)3/h9-10,12-13H,4-8,11H2,1-3H3. The molecule has 0 saturated heterocycles. The van der Waals surface area contributed by atoms with Crippen LogP contribution in [0.3, 0.4) is 0 Å². The van der Waals surface area contributed by atoms with Crippen LogP contribution >= 0.6 is 0 Å². The first kappa shape index (κ1) is 15.8. The molecule has 6 heteroatoms. The summed E-state index contributed by atoms with van der Waals surface area (Å²) in [5, 5.41) is 3.13. The van der Waals surface area contributed by atoms with E-state index in [2.05, 4.69) is 23.9 Å². The van der Waals surface area contributed by atoms with Crippen molar-refractivity contribution in [3.63, 3.8) is 0 Å². The van der Waals surface area contributed by atoms with E-state index in [4.69, 9.17) is 5.73 Å². The number of nitrogens with two attached hydrogens (primary N) is 1. The molecule has 0 bridgehead atoms. The van der Waals surface area contributed by atoms with E-state index >= 15 is 0 Å². The van der Waals surface area contributed by atoms with Crippen LogP contribution < -0.4 is 15.8 Å². The van der Waals surface area contributed by atoms with E-state index in [0.29, 0.717) is 31.5 Å². The van der Waals surface area contributed by atoms with Crippen LogP contribution in [0.2, 0.25) is 0 Å². The first-order valence-corrected chi connectivity index (χ1v) is 7.46. The Kier molecular flexibility index (Phi) is 7.91. The predicted molar refractivity (Wildman–Crippen MR) is 67.7 cm³/mol. The van der Waals surface area contributed by atoms with Crippen LogP contribution in [0.25, 0.3) is 0 Å². The zero-order valence-corrected chi connectivity index (χ0v) is 11.3. The summed E-state index contributed by atoms with van der Waals surface area (Å²) >= 11 is 0. The average Bonchev–Trinajstić information content (AvgIpc) is 2.17. The smallest absolute Gasteiger partial charge is 0.212 e. The lowest BCUT2D eigenvalue weighted by molar-refractivity contribution is 0.375. The molecule has 0 rings (SSSR count). The van der Waals surface area contributed by atoms with Crippen LogP contribution in [0.15, 0.2) is 0 Å². The van der Waals surface area contributed by atoms with Gasteiger partial charge in [0.25, 0.3) is 0 Å². The molecule has 4 N–H and O–H groups in total. The molecule has 0 heterocycles. The Balaban J connectivity index is 3.75. The summed E-state index contributed by atoms with van der Waals surface area (Å²) in [5.74, 6) is 1.04. The molecular formula is C10H25N3O2S. The van der Waals surface area contributed by atoms with Gasteiger partial charge in [-0.25, -0.2) is 13.1 Å². The SMILES string of the molecule is CCNS(=O)(=O)CCNCC(CN)C(C)C. The van der Waals surface area contributed by atoms with Crippen LogP contribution in [0.4, 0.5) is 0 Å². The summed E-state index contributed by atoms with van der Waals surface area (Å²) in [4.78, 5) is 0. The minimum Gasteiger partial charge on any atom is -0.330 e. The lowest BCUT2D eigenvalue weighted by Crippen LogP contribution is -2.36. The molecule has 98 valence electrons. The molecule has 0 saturated carbocycles. The van der Waals surface area contributed by atoms with Crippen molar-refractivity contribution >= 4 is 10.0 Å². The van der Waals surface area contributed by atoms with Gasteiger partial charge in [0.05, 0.1) is 5.75 Å². The molecule has 0 aliphatic rings. The third-order valence-electron chi connectivity index (χ3n) is 2.56. The van der Waals surface area contributed by atoms with Crippen molar-refractivity contribution in [1.82, 2.24) is 10.0 Å². The third-order valence-corrected chi connectivity index (χ3v) is 4.03. The first-order chi connectivity index (χ1) is 7.43. The lowest BCUT2D eigenvalue weighted by atomic mass is 9.96. The van der Waals surface area contributed by atoms with Crippen LogP contribution in [0, 0.1) is 11.8 Å². The molecule has 0 aromatic carbocycles. The Hall–Kier alpha value is -0.170. The van der Waals surface area contributed by atoms with E-state index in [0.717, 1.165) is 6.54 Å². The minimum absolute atomic E-state index is 0.121. The summed E-state index contributed by atoms with van der Waals surface area (Å²) in [6, 6.07) is 0. The van der Waals surface area contributed by atoms with Crippen LogP contribution in [0.5, 0.6) is 0 Å². The molecule has 0 aliphatic carbocycles. The van der Waals surface area contributed by atoms with Crippen molar-refractivity contribution in [1.29, 1.82) is 0 Å². The predicted octanol–water partition coefficient (Wildman–Crippen LogP) is -0.254. The highest BCUT2D eigenvalue weighted by Gasteiger charge is 2.12. The molecule has 0 aliphatic heterocycles. The number of nitrogens with one attached hydrogen (secondary N) is 2. The van der Waals surface area contributed by atoms with Gasteiger partial charge in [-0.3, -0.25) is 0 Å². The van der Waals surface area contributed by atoms with Crippen molar-refractivity contribution in [3.05, 3.63) is 0 Å². The Bertz CT molecular complexity index is 265. The maximum absolute atomic E-state index is 11.3. The zero-order chi connectivity index (χ0) is 12.6. The molecule has 5 nitrogen and oxygen atoms in total. The second-order valence-electron chi connectivity index (χ2n) is 4.26. The van der Waals surface area contributed by atoms with Crippen molar-refractivity contribution in [2.75, 3.05) is 31.9 Å². The van der Waals surface area contributed by atoms with Crippen molar-refractivity contribution in [2.24, 2.45) is 17.6 Å². The maximum atomic E-state index is 11.3. The van der Waals surface area contributed by atoms with Crippen molar-refractivity contribution in [2.45, 2.75) is 20.8 Å². The highest BCUT2D eigenvalue weighted by atomic mass is 32.2. The molecule has 16 heavy (non-hydrogen) atoms. The van der Waals surface area contributed by atoms with E-state index in [1.54, 1.807) is 6.92 Å². The van der Waals surface area contributed by atoms with E-state index in [9.17, 15) is 8.42 Å². The van der Waals surface area contributed by atoms with Crippen LogP contribution in [-0.2, 0) is 10.0 Å². The average molecular weight is 251 g/mol. The van der Waals surface area contributed by atoms with Crippen molar-refractivity contribution < 1.29 is 8.42 Å². The summed E-state index contributed by atoms with van der Waals surface area (Å²) in [7, 11) is -3.10. The van der Waals surface area contributed by atoms with Crippen LogP contribution in [0.1, 0.15) is 20.8 Å². The molecule has 1 atom stereocenters. The Morgan fingerprint density at radius 1 is 1.31 bits per heavy atom. The number of rotatable bonds is 9. The zero-order valence-electron chi connectivity index (χ0n) is 10.5. The Morgan fingerprint density at radius 3 is 2.38 bits per heavy atom. The van der Waals surface area contributed by atoms with E-state index in [-0.39, 0.29) is 5.75 Å². The van der Waals surface area contributed by atoms with Gasteiger partial charge >= 0.3 is 0 Å². The largest absolute Gasteiger partial charge is 0.330 e. The highest BCUT2D eigenvalue weighted by Crippen LogP contribution is 2.06. The van der Waals surface area contributed by atoms with Gasteiger partial charge in [-0.1, -0.05) is 20.8 Å². The summed E-state index contributed by atoms with van der Waals surface area (Å²) < 4.78 is 25.1. The summed E-state index contributed by atoms with van der Waals surface area (Å²) in [6.45, 7) is 8.33. The number of hydrogen-bond donors (Lipinski definition) is 3. The fraction of sp³-hybridized carbons (Fsp3) is 1.00. The first-order valence-electron chi connectivity index (χ1n) is 5.81. The van der Waals surface area contributed by atoms with E-state index in [1.165, 1.54) is 0 Å². The van der Waals surface area contributed by atoms with Gasteiger partial charge in [0.15, 0.2) is 0 Å². The van der Waals surface area contributed by atoms with Gasteiger partial charge in [0.2, 0.25) is 10.0 Å². The minimum atomic E-state index is -3.10. The molecule has 0 fully saturated rings. The second-order valence-corrected chi connectivity index (χ2v) is 6.19. The summed E-state index contributed by atoms with van der Waals surface area (Å²) in [5.41, 5.74) is 5.62. The maximum Gasteiger partial charge on any atom is 0.212 e. The van der Waals surface area contributed by atoms with Gasteiger partial charge in [0.1, 0.15) is 0 Å². The fourth-order valence-corrected chi connectivity index (χ4v) is 2.37. The van der Waals surface area contributed by atoms with Crippen molar-refractivity contribution in [3.8, 4) is 0 Å². The quantitative estimate of drug-likeness (QED) is 0.493. The topological polar surface area (TPSA) is 84.2 Å². The molecule has 0 spiro atoms. The summed E-state index contributed by atoms with van der Waals surface area (Å²) in [6.07, 6.45) is 0. The molecule has 1 unspecified atom stereocenters. The van der Waals surface area contributed by atoms with Gasteiger partial charge in [0, 0.05) is 13.1 Å². The fourth-order valence-electron chi connectivity index (χ4n) is 1.38. The monoisotopic (exact) mass is 251 g/mol. The molecule has 0 aromatic rings. The second kappa shape index (κ2) is 8.00. The molecule has 0 amide bonds. The Labute approximate surface area is 99.2 Å². The Morgan fingerprint density at radius 2 is 1.94 bits per heavy atom. The van der Waals surface area contributed by atoms with E-state index in [1.807, 2.05) is 0 Å². The number of hydrogen-bond acceptors (Lipinski definition) is 4. The molecule has 0 radical (unpaired) electrons. The number of sulfonamides is 1. The molecule has 0 aromatic heterocycles. The van der Waals surface area contributed by atoms with Crippen LogP contribution in [-0.4, -0.2) is 40.3 Å². The van der Waals surface area contributed by atoms with E-state index < -0.39 is 10.0 Å².